The van der Waals surface area contributed by atoms with Crippen molar-refractivity contribution in [2.24, 2.45) is 5.16 Å². The summed E-state index contributed by atoms with van der Waals surface area (Å²) in [5.41, 5.74) is 6.32. The summed E-state index contributed by atoms with van der Waals surface area (Å²) < 4.78 is 11.8. The minimum atomic E-state index is 0.373. The normalized spacial score (nSPS) is 20.0. The zero-order valence-corrected chi connectivity index (χ0v) is 18.5. The molecule has 0 amide bonds. The predicted molar refractivity (Wildman–Crippen MR) is 124 cm³/mol. The van der Waals surface area contributed by atoms with Gasteiger partial charge in [0.2, 0.25) is 0 Å². The van der Waals surface area contributed by atoms with E-state index in [4.69, 9.17) is 9.15 Å². The zero-order chi connectivity index (χ0) is 21.9. The minimum Gasteiger partial charge on any atom is -0.460 e. The molecule has 1 saturated heterocycles. The number of likely N-dealkylation sites (tertiary alicyclic amines) is 1. The summed E-state index contributed by atoms with van der Waals surface area (Å²) in [5, 5.41) is 12.7. The van der Waals surface area contributed by atoms with E-state index in [1.165, 1.54) is 5.56 Å². The quantitative estimate of drug-likeness (QED) is 0.441. The molecular weight excluding hydrogens is 402 g/mol. The number of hydrogen-bond acceptors (Lipinski definition) is 6. The molecule has 1 atom stereocenters. The van der Waals surface area contributed by atoms with Gasteiger partial charge in [0.25, 0.3) is 0 Å². The van der Waals surface area contributed by atoms with Crippen molar-refractivity contribution in [3.8, 4) is 22.5 Å². The van der Waals surface area contributed by atoms with E-state index in [-0.39, 0.29) is 0 Å². The van der Waals surface area contributed by atoms with Crippen LogP contribution in [-0.4, -0.2) is 54.2 Å². The number of nitrogens with zero attached hydrogens (tertiary/aromatic N) is 3. The first-order chi connectivity index (χ1) is 15.8. The van der Waals surface area contributed by atoms with Crippen LogP contribution in [0.3, 0.4) is 0 Å². The minimum absolute atomic E-state index is 0.373. The highest BCUT2D eigenvalue weighted by atomic mass is 16.5. The number of rotatable bonds is 6. The Hall–Kier alpha value is -2.96. The Morgan fingerprint density at radius 1 is 1.12 bits per heavy atom. The lowest BCUT2D eigenvalue weighted by molar-refractivity contribution is 0.125. The van der Waals surface area contributed by atoms with Crippen molar-refractivity contribution in [3.05, 3.63) is 65.7 Å². The van der Waals surface area contributed by atoms with E-state index in [9.17, 15) is 5.21 Å². The smallest absolute Gasteiger partial charge is 0.142 e. The Kier molecular flexibility index (Phi) is 6.06. The number of pyridine rings is 1. The average molecular weight is 432 g/mol. The van der Waals surface area contributed by atoms with Gasteiger partial charge in [0, 0.05) is 55.2 Å². The van der Waals surface area contributed by atoms with Gasteiger partial charge in [-0.05, 0) is 61.6 Å². The van der Waals surface area contributed by atoms with Crippen molar-refractivity contribution in [2.45, 2.75) is 31.6 Å². The van der Waals surface area contributed by atoms with Gasteiger partial charge < -0.3 is 19.3 Å². The second-order valence-electron chi connectivity index (χ2n) is 8.68. The number of ether oxygens (including phenoxy) is 1. The summed E-state index contributed by atoms with van der Waals surface area (Å²) in [4.78, 5) is 6.65. The van der Waals surface area contributed by atoms with Crippen LogP contribution in [0.2, 0.25) is 0 Å². The van der Waals surface area contributed by atoms with Crippen molar-refractivity contribution in [1.82, 2.24) is 9.88 Å². The summed E-state index contributed by atoms with van der Waals surface area (Å²) >= 11 is 0. The maximum Gasteiger partial charge on any atom is 0.142 e. The molecular formula is C26H29N3O3. The molecule has 0 bridgehead atoms. The van der Waals surface area contributed by atoms with Crippen LogP contribution < -0.4 is 0 Å². The van der Waals surface area contributed by atoms with Crippen LogP contribution in [0.5, 0.6) is 0 Å². The fourth-order valence-electron chi connectivity index (χ4n) is 5.00. The second-order valence-corrected chi connectivity index (χ2v) is 8.68. The highest BCUT2D eigenvalue weighted by Crippen LogP contribution is 2.40. The second kappa shape index (κ2) is 9.27. The third-order valence-corrected chi connectivity index (χ3v) is 6.69. The van der Waals surface area contributed by atoms with E-state index >= 15 is 0 Å². The number of furan rings is 1. The lowest BCUT2D eigenvalue weighted by atomic mass is 9.93. The van der Waals surface area contributed by atoms with Gasteiger partial charge in [-0.25, -0.2) is 0 Å². The van der Waals surface area contributed by atoms with Crippen molar-refractivity contribution in [1.29, 1.82) is 0 Å². The van der Waals surface area contributed by atoms with Gasteiger partial charge in [-0.15, -0.1) is 0 Å². The monoisotopic (exact) mass is 431 g/mol. The molecule has 3 aromatic rings. The van der Waals surface area contributed by atoms with E-state index < -0.39 is 0 Å². The average Bonchev–Trinajstić information content (AvgIpc) is 3.47. The van der Waals surface area contributed by atoms with Gasteiger partial charge in [-0.2, -0.15) is 0 Å². The Bertz CT molecular complexity index is 1110. The highest BCUT2D eigenvalue weighted by Gasteiger charge is 2.27. The third kappa shape index (κ3) is 4.08. The van der Waals surface area contributed by atoms with Gasteiger partial charge in [0.15, 0.2) is 0 Å². The molecule has 1 aliphatic heterocycles. The standard InChI is InChI=1S/C26H29N3O3/c1-31-14-13-29-12-2-3-21(17-29)25-16-23(26(32-25)18-8-10-27-11-9-18)20-4-6-22-19(15-20)5-7-24(22)28-30/h4,6,8-11,15-16,21,30H,2-3,5,7,12-14,17H2,1H3. The Labute approximate surface area is 188 Å². The molecule has 0 radical (unpaired) electrons. The molecule has 2 aromatic heterocycles. The number of aryl methyl sites for hydroxylation is 1. The molecule has 2 aliphatic rings. The maximum absolute atomic E-state index is 9.27. The van der Waals surface area contributed by atoms with E-state index in [1.807, 2.05) is 12.1 Å². The van der Waals surface area contributed by atoms with Crippen LogP contribution in [0, 0.1) is 0 Å². The molecule has 0 saturated carbocycles. The first-order valence-corrected chi connectivity index (χ1v) is 11.4. The fraction of sp³-hybridized carbons (Fsp3) is 0.385. The first-order valence-electron chi connectivity index (χ1n) is 11.4. The van der Waals surface area contributed by atoms with Crippen molar-refractivity contribution >= 4 is 5.71 Å². The number of piperidine rings is 1. The molecule has 1 unspecified atom stereocenters. The molecule has 166 valence electrons. The lowest BCUT2D eigenvalue weighted by Gasteiger charge is -2.31. The topological polar surface area (TPSA) is 71.1 Å². The lowest BCUT2D eigenvalue weighted by Crippen LogP contribution is -2.36. The van der Waals surface area contributed by atoms with Crippen molar-refractivity contribution < 1.29 is 14.4 Å². The van der Waals surface area contributed by atoms with Gasteiger partial charge >= 0.3 is 0 Å². The highest BCUT2D eigenvalue weighted by molar-refractivity contribution is 6.04. The predicted octanol–water partition coefficient (Wildman–Crippen LogP) is 4.96. The molecule has 6 nitrogen and oxygen atoms in total. The van der Waals surface area contributed by atoms with E-state index in [0.29, 0.717) is 5.92 Å². The van der Waals surface area contributed by atoms with Crippen LogP contribution >= 0.6 is 0 Å². The number of methoxy groups -OCH3 is 1. The van der Waals surface area contributed by atoms with Gasteiger partial charge in [0.05, 0.1) is 12.3 Å². The van der Waals surface area contributed by atoms with E-state index in [1.54, 1.807) is 19.5 Å². The Morgan fingerprint density at radius 3 is 2.81 bits per heavy atom. The van der Waals surface area contributed by atoms with Gasteiger partial charge in [-0.3, -0.25) is 4.98 Å². The Balaban J connectivity index is 1.52. The summed E-state index contributed by atoms with van der Waals surface area (Å²) in [7, 11) is 1.76. The maximum atomic E-state index is 9.27. The molecule has 32 heavy (non-hydrogen) atoms. The molecule has 5 rings (SSSR count). The Morgan fingerprint density at radius 2 is 2.00 bits per heavy atom. The zero-order valence-electron chi connectivity index (χ0n) is 18.5. The van der Waals surface area contributed by atoms with Crippen molar-refractivity contribution in [3.63, 3.8) is 0 Å². The fourth-order valence-corrected chi connectivity index (χ4v) is 5.00. The number of aromatic nitrogens is 1. The van der Waals surface area contributed by atoms with Crippen molar-refractivity contribution in [2.75, 3.05) is 33.4 Å². The number of benzene rings is 1. The molecule has 3 heterocycles. The summed E-state index contributed by atoms with van der Waals surface area (Å²) in [6.07, 6.45) is 7.59. The van der Waals surface area contributed by atoms with Gasteiger partial charge in [0.1, 0.15) is 11.5 Å². The van der Waals surface area contributed by atoms with E-state index in [0.717, 1.165) is 91.4 Å². The third-order valence-electron chi connectivity index (χ3n) is 6.69. The number of oxime groups is 1. The van der Waals surface area contributed by atoms with Crippen LogP contribution in [0.15, 0.2) is 58.4 Å². The largest absolute Gasteiger partial charge is 0.460 e. The number of fused-ring (bicyclic) bond motifs is 1. The summed E-state index contributed by atoms with van der Waals surface area (Å²) in [5.74, 6) is 2.31. The molecule has 1 N–H and O–H groups in total. The summed E-state index contributed by atoms with van der Waals surface area (Å²) in [6.45, 7) is 3.82. The molecule has 1 aromatic carbocycles. The number of hydrogen-bond donors (Lipinski definition) is 1. The summed E-state index contributed by atoms with van der Waals surface area (Å²) in [6, 6.07) is 12.6. The van der Waals surface area contributed by atoms with Crippen LogP contribution in [0.25, 0.3) is 22.5 Å². The van der Waals surface area contributed by atoms with Crippen LogP contribution in [-0.2, 0) is 11.2 Å². The van der Waals surface area contributed by atoms with Crippen LogP contribution in [0.1, 0.15) is 42.1 Å². The van der Waals surface area contributed by atoms with E-state index in [2.05, 4.69) is 39.3 Å². The molecule has 0 spiro atoms. The van der Waals surface area contributed by atoms with Gasteiger partial charge in [-0.1, -0.05) is 23.4 Å². The molecule has 6 heteroatoms. The molecule has 1 fully saturated rings. The SMILES string of the molecule is COCCN1CCCC(c2cc(-c3ccc4c(c3)CCC4=NO)c(-c3ccncc3)o2)C1. The molecule has 1 aliphatic carbocycles. The first kappa shape index (κ1) is 20.9. The van der Waals surface area contributed by atoms with Crippen LogP contribution in [0.4, 0.5) is 0 Å².